The van der Waals surface area contributed by atoms with Gasteiger partial charge in [0, 0.05) is 30.1 Å². The van der Waals surface area contributed by atoms with Gasteiger partial charge in [0.2, 0.25) is 0 Å². The van der Waals surface area contributed by atoms with Gasteiger partial charge in [0.15, 0.2) is 5.84 Å². The van der Waals surface area contributed by atoms with Crippen molar-refractivity contribution in [3.05, 3.63) is 29.3 Å². The first-order chi connectivity index (χ1) is 8.51. The first-order valence-corrected chi connectivity index (χ1v) is 7.21. The third kappa shape index (κ3) is 3.32. The molecule has 0 heterocycles. The van der Waals surface area contributed by atoms with Crippen molar-refractivity contribution in [3.63, 3.8) is 0 Å². The van der Waals surface area contributed by atoms with Crippen molar-refractivity contribution in [2.75, 3.05) is 24.0 Å². The summed E-state index contributed by atoms with van der Waals surface area (Å²) >= 11 is 1.80. The molecule has 0 aliphatic carbocycles. The first kappa shape index (κ1) is 14.7. The van der Waals surface area contributed by atoms with Crippen LogP contribution in [0, 0.1) is 6.92 Å². The van der Waals surface area contributed by atoms with Crippen molar-refractivity contribution in [2.45, 2.75) is 19.9 Å². The molecular formula is C13H21N3OS. The Hall–Kier alpha value is -1.36. The van der Waals surface area contributed by atoms with Crippen LogP contribution in [-0.2, 0) is 0 Å². The van der Waals surface area contributed by atoms with Crippen LogP contribution in [0.2, 0.25) is 0 Å². The maximum absolute atomic E-state index is 8.85. The standard InChI is InChI=1S/C13H21N3OS/c1-9-5-6-11(13(14)15-17)12(7-9)16(3)10(2)8-18-4/h5-7,10,17H,8H2,1-4H3,(H2,14,15). The number of rotatable bonds is 5. The number of hydrogen-bond donors (Lipinski definition) is 2. The molecule has 4 nitrogen and oxygen atoms in total. The van der Waals surface area contributed by atoms with E-state index in [1.165, 1.54) is 0 Å². The predicted molar refractivity (Wildman–Crippen MR) is 79.9 cm³/mol. The summed E-state index contributed by atoms with van der Waals surface area (Å²) in [6, 6.07) is 6.29. The Morgan fingerprint density at radius 1 is 1.56 bits per heavy atom. The zero-order valence-electron chi connectivity index (χ0n) is 11.3. The van der Waals surface area contributed by atoms with Gasteiger partial charge in [-0.05, 0) is 37.8 Å². The summed E-state index contributed by atoms with van der Waals surface area (Å²) in [4.78, 5) is 2.16. The van der Waals surface area contributed by atoms with Crippen LogP contribution in [0.4, 0.5) is 5.69 Å². The minimum Gasteiger partial charge on any atom is -0.409 e. The predicted octanol–water partition coefficient (Wildman–Crippen LogP) is 2.28. The molecule has 3 N–H and O–H groups in total. The van der Waals surface area contributed by atoms with E-state index < -0.39 is 0 Å². The normalized spacial score (nSPS) is 13.4. The molecule has 0 aliphatic rings. The van der Waals surface area contributed by atoms with Gasteiger partial charge in [-0.15, -0.1) is 0 Å². The van der Waals surface area contributed by atoms with Crippen molar-refractivity contribution >= 4 is 23.3 Å². The van der Waals surface area contributed by atoms with Crippen molar-refractivity contribution < 1.29 is 5.21 Å². The van der Waals surface area contributed by atoms with Gasteiger partial charge in [-0.1, -0.05) is 11.2 Å². The number of hydrogen-bond acceptors (Lipinski definition) is 4. The Kier molecular flexibility index (Phi) is 5.34. The lowest BCUT2D eigenvalue weighted by atomic mass is 10.1. The maximum atomic E-state index is 8.85. The molecule has 0 spiro atoms. The molecule has 1 unspecified atom stereocenters. The van der Waals surface area contributed by atoms with Crippen molar-refractivity contribution in [1.29, 1.82) is 0 Å². The summed E-state index contributed by atoms with van der Waals surface area (Å²) in [6.07, 6.45) is 2.09. The second-order valence-electron chi connectivity index (χ2n) is 4.42. The summed E-state index contributed by atoms with van der Waals surface area (Å²) in [5, 5.41) is 11.9. The lowest BCUT2D eigenvalue weighted by Gasteiger charge is -2.28. The fraction of sp³-hybridized carbons (Fsp3) is 0.462. The third-order valence-corrected chi connectivity index (χ3v) is 3.80. The number of amidine groups is 1. The van der Waals surface area contributed by atoms with E-state index in [9.17, 15) is 0 Å². The quantitative estimate of drug-likeness (QED) is 0.372. The Labute approximate surface area is 113 Å². The van der Waals surface area contributed by atoms with Crippen LogP contribution in [0.25, 0.3) is 0 Å². The van der Waals surface area contributed by atoms with Gasteiger partial charge in [-0.25, -0.2) is 0 Å². The maximum Gasteiger partial charge on any atom is 0.172 e. The molecule has 0 radical (unpaired) electrons. The molecule has 1 atom stereocenters. The number of thioether (sulfide) groups is 1. The molecule has 100 valence electrons. The van der Waals surface area contributed by atoms with Crippen LogP contribution in [0.1, 0.15) is 18.1 Å². The van der Waals surface area contributed by atoms with E-state index in [1.807, 2.05) is 26.1 Å². The molecule has 0 amide bonds. The fourth-order valence-electron chi connectivity index (χ4n) is 1.79. The average Bonchev–Trinajstić information content (AvgIpc) is 2.37. The largest absolute Gasteiger partial charge is 0.409 e. The SMILES string of the molecule is CSCC(C)N(C)c1cc(C)ccc1/C(N)=N/O. The number of nitrogens with zero attached hydrogens (tertiary/aromatic N) is 2. The highest BCUT2D eigenvalue weighted by Crippen LogP contribution is 2.23. The lowest BCUT2D eigenvalue weighted by molar-refractivity contribution is 0.318. The molecule has 5 heteroatoms. The summed E-state index contributed by atoms with van der Waals surface area (Å²) in [6.45, 7) is 4.20. The second-order valence-corrected chi connectivity index (χ2v) is 5.33. The second kappa shape index (κ2) is 6.54. The van der Waals surface area contributed by atoms with E-state index in [4.69, 9.17) is 10.9 Å². The summed E-state index contributed by atoms with van der Waals surface area (Å²) in [5.74, 6) is 1.17. The highest BCUT2D eigenvalue weighted by atomic mass is 32.2. The molecule has 0 bridgehead atoms. The van der Waals surface area contributed by atoms with E-state index in [0.717, 1.165) is 22.6 Å². The Morgan fingerprint density at radius 3 is 2.78 bits per heavy atom. The van der Waals surface area contributed by atoms with Gasteiger partial charge >= 0.3 is 0 Å². The number of anilines is 1. The molecule has 0 fully saturated rings. The van der Waals surface area contributed by atoms with E-state index >= 15 is 0 Å². The zero-order chi connectivity index (χ0) is 13.7. The fourth-order valence-corrected chi connectivity index (χ4v) is 2.50. The van der Waals surface area contributed by atoms with Crippen LogP contribution < -0.4 is 10.6 Å². The van der Waals surface area contributed by atoms with Gasteiger partial charge in [0.05, 0.1) is 0 Å². The van der Waals surface area contributed by atoms with Gasteiger partial charge < -0.3 is 15.8 Å². The zero-order valence-corrected chi connectivity index (χ0v) is 12.2. The van der Waals surface area contributed by atoms with Gasteiger partial charge in [-0.2, -0.15) is 11.8 Å². The monoisotopic (exact) mass is 267 g/mol. The van der Waals surface area contributed by atoms with Crippen LogP contribution in [-0.4, -0.2) is 36.1 Å². The Balaban J connectivity index is 3.16. The third-order valence-electron chi connectivity index (χ3n) is 2.99. The minimum atomic E-state index is 0.146. The topological polar surface area (TPSA) is 61.8 Å². The molecule has 0 aliphatic heterocycles. The van der Waals surface area contributed by atoms with Crippen molar-refractivity contribution in [3.8, 4) is 0 Å². The Morgan fingerprint density at radius 2 is 2.22 bits per heavy atom. The van der Waals surface area contributed by atoms with Gasteiger partial charge in [0.25, 0.3) is 0 Å². The van der Waals surface area contributed by atoms with Crippen LogP contribution in [0.3, 0.4) is 0 Å². The van der Waals surface area contributed by atoms with Crippen molar-refractivity contribution in [2.24, 2.45) is 10.9 Å². The first-order valence-electron chi connectivity index (χ1n) is 5.81. The lowest BCUT2D eigenvalue weighted by Crippen LogP contribution is -2.33. The minimum absolute atomic E-state index is 0.146. The highest BCUT2D eigenvalue weighted by Gasteiger charge is 2.15. The number of nitrogens with two attached hydrogens (primary N) is 1. The van der Waals surface area contributed by atoms with Crippen LogP contribution in [0.5, 0.6) is 0 Å². The van der Waals surface area contributed by atoms with Crippen LogP contribution in [0.15, 0.2) is 23.4 Å². The molecule has 0 saturated heterocycles. The summed E-state index contributed by atoms with van der Waals surface area (Å²) < 4.78 is 0. The van der Waals surface area contributed by atoms with Crippen molar-refractivity contribution in [1.82, 2.24) is 0 Å². The molecule has 0 saturated carbocycles. The van der Waals surface area contributed by atoms with Crippen LogP contribution >= 0.6 is 11.8 Å². The van der Waals surface area contributed by atoms with Gasteiger partial charge in [0.1, 0.15) is 0 Å². The molecule has 0 aromatic heterocycles. The summed E-state index contributed by atoms with van der Waals surface area (Å²) in [5.41, 5.74) is 8.64. The smallest absolute Gasteiger partial charge is 0.172 e. The molecular weight excluding hydrogens is 246 g/mol. The number of aryl methyl sites for hydroxylation is 1. The van der Waals surface area contributed by atoms with E-state index in [1.54, 1.807) is 11.8 Å². The molecule has 1 rings (SSSR count). The number of oxime groups is 1. The average molecular weight is 267 g/mol. The van der Waals surface area contributed by atoms with E-state index in [-0.39, 0.29) is 5.84 Å². The molecule has 1 aromatic carbocycles. The van der Waals surface area contributed by atoms with Gasteiger partial charge in [-0.3, -0.25) is 0 Å². The molecule has 1 aromatic rings. The number of benzene rings is 1. The molecule has 18 heavy (non-hydrogen) atoms. The Bertz CT molecular complexity index is 434. The highest BCUT2D eigenvalue weighted by molar-refractivity contribution is 7.98. The summed E-state index contributed by atoms with van der Waals surface area (Å²) in [7, 11) is 2.03. The van der Waals surface area contributed by atoms with E-state index in [0.29, 0.717) is 6.04 Å². The van der Waals surface area contributed by atoms with E-state index in [2.05, 4.69) is 29.3 Å².